The molecule has 1 unspecified atom stereocenters. The number of aliphatic imine (C=N–C) groups is 2. The number of hydrogen-bond donors (Lipinski definition) is 1. The molecule has 1 aromatic heterocycles. The van der Waals surface area contributed by atoms with Crippen molar-refractivity contribution in [2.75, 3.05) is 20.2 Å². The topological polar surface area (TPSA) is 76.1 Å². The van der Waals surface area contributed by atoms with E-state index in [-0.39, 0.29) is 35.2 Å². The lowest BCUT2D eigenvalue weighted by atomic mass is 9.81. The molecular formula is C25H21F4N5O. The molecule has 0 saturated carbocycles. The smallest absolute Gasteiger partial charge is 0.267 e. The number of hydrogen-bond acceptors (Lipinski definition) is 6. The predicted octanol–water partition coefficient (Wildman–Crippen LogP) is 4.35. The zero-order valence-electron chi connectivity index (χ0n) is 18.7. The molecule has 10 heteroatoms. The fraction of sp³-hybridized carbons (Fsp3) is 0.240. The van der Waals surface area contributed by atoms with Gasteiger partial charge in [-0.15, -0.1) is 0 Å². The van der Waals surface area contributed by atoms with Crippen LogP contribution in [-0.4, -0.2) is 47.8 Å². The zero-order valence-corrected chi connectivity index (χ0v) is 18.7. The van der Waals surface area contributed by atoms with E-state index in [1.807, 2.05) is 0 Å². The molecule has 0 fully saturated rings. The number of aromatic nitrogens is 1. The second-order valence-electron chi connectivity index (χ2n) is 8.33. The predicted molar refractivity (Wildman–Crippen MR) is 124 cm³/mol. The molecule has 5 rings (SSSR count). The molecule has 3 heterocycles. The van der Waals surface area contributed by atoms with Gasteiger partial charge in [0, 0.05) is 36.5 Å². The van der Waals surface area contributed by atoms with Crippen LogP contribution in [0.3, 0.4) is 0 Å². The van der Waals surface area contributed by atoms with Gasteiger partial charge in [-0.3, -0.25) is 14.9 Å². The quantitative estimate of drug-likeness (QED) is 0.560. The molecule has 2 aliphatic rings. The number of pyridine rings is 1. The van der Waals surface area contributed by atoms with E-state index in [0.29, 0.717) is 11.1 Å². The first kappa shape index (κ1) is 22.8. The van der Waals surface area contributed by atoms with Gasteiger partial charge >= 0.3 is 0 Å². The van der Waals surface area contributed by atoms with Gasteiger partial charge in [-0.05, 0) is 41.5 Å². The molecule has 0 aliphatic carbocycles. The van der Waals surface area contributed by atoms with Crippen LogP contribution < -0.4 is 10.5 Å². The Labute approximate surface area is 198 Å². The first-order valence-corrected chi connectivity index (χ1v) is 10.9. The molecular weight excluding hydrogens is 462 g/mol. The third-order valence-corrected chi connectivity index (χ3v) is 6.22. The van der Waals surface area contributed by atoms with Crippen molar-refractivity contribution in [1.82, 2.24) is 9.88 Å². The average Bonchev–Trinajstić information content (AvgIpc) is 3.00. The molecule has 2 N–H and O–H groups in total. The highest BCUT2D eigenvalue weighted by Crippen LogP contribution is 2.44. The Hall–Kier alpha value is -3.95. The number of rotatable bonds is 4. The van der Waals surface area contributed by atoms with Gasteiger partial charge in [0.05, 0.1) is 13.7 Å². The van der Waals surface area contributed by atoms with Crippen LogP contribution in [-0.2, 0) is 5.54 Å². The number of nitrogens with two attached hydrogens (primary N) is 1. The van der Waals surface area contributed by atoms with Gasteiger partial charge in [-0.2, -0.15) is 0 Å². The zero-order chi connectivity index (χ0) is 24.8. The Kier molecular flexibility index (Phi) is 5.46. The lowest BCUT2D eigenvalue weighted by Gasteiger charge is -2.31. The van der Waals surface area contributed by atoms with Gasteiger partial charge in [0.1, 0.15) is 11.7 Å². The number of guanidine groups is 1. The van der Waals surface area contributed by atoms with Crippen LogP contribution in [0.15, 0.2) is 70.9 Å². The number of fused-ring (bicyclic) bond motifs is 1. The molecule has 3 aromatic rings. The molecule has 6 nitrogen and oxygen atoms in total. The minimum Gasteiger partial charge on any atom is -0.494 e. The number of alkyl halides is 2. The van der Waals surface area contributed by atoms with Crippen molar-refractivity contribution in [2.45, 2.75) is 17.9 Å². The summed E-state index contributed by atoms with van der Waals surface area (Å²) in [5, 5.41) is 0. The highest BCUT2D eigenvalue weighted by molar-refractivity contribution is 6.12. The second kappa shape index (κ2) is 8.37. The Morgan fingerprint density at radius 1 is 1.00 bits per heavy atom. The van der Waals surface area contributed by atoms with Crippen LogP contribution in [0.25, 0.3) is 11.1 Å². The fourth-order valence-corrected chi connectivity index (χ4v) is 4.56. The molecule has 35 heavy (non-hydrogen) atoms. The lowest BCUT2D eigenvalue weighted by molar-refractivity contribution is -0.0107. The molecule has 0 radical (unpaired) electrons. The minimum absolute atomic E-state index is 0.0188. The Bertz CT molecular complexity index is 1340. The minimum atomic E-state index is -3.03. The van der Waals surface area contributed by atoms with Gasteiger partial charge in [0.25, 0.3) is 5.92 Å². The standard InChI is InChI=1S/C25H21F4N5O/c1-35-20-4-2-3-17(21(20)27)18-13-16(5-6-19(18)26)25(15-7-10-31-11-8-15)22-32-12-9-24(28,29)14-34(22)23(30)33-25/h2-8,10-11,13H,9,12,14H2,1H3,(H2,30,33). The molecule has 2 aromatic carbocycles. The summed E-state index contributed by atoms with van der Waals surface area (Å²) in [6.45, 7) is -0.834. The SMILES string of the molecule is COc1cccc(-c2cc(C3(c4ccncc4)N=C(N)N4CC(F)(F)CCN=C43)ccc2F)c1F. The number of methoxy groups -OCH3 is 1. The summed E-state index contributed by atoms with van der Waals surface area (Å²) >= 11 is 0. The van der Waals surface area contributed by atoms with Crippen molar-refractivity contribution >= 4 is 11.8 Å². The van der Waals surface area contributed by atoms with Crippen LogP contribution in [0.5, 0.6) is 5.75 Å². The third kappa shape index (κ3) is 3.69. The maximum absolute atomic E-state index is 15.1. The molecule has 0 amide bonds. The molecule has 0 bridgehead atoms. The lowest BCUT2D eigenvalue weighted by Crippen LogP contribution is -2.47. The van der Waals surface area contributed by atoms with E-state index in [0.717, 1.165) is 0 Å². The molecule has 0 saturated heterocycles. The highest BCUT2D eigenvalue weighted by Gasteiger charge is 2.52. The molecule has 2 aliphatic heterocycles. The van der Waals surface area contributed by atoms with Crippen molar-refractivity contribution in [3.8, 4) is 16.9 Å². The second-order valence-corrected chi connectivity index (χ2v) is 8.33. The Morgan fingerprint density at radius 3 is 2.51 bits per heavy atom. The van der Waals surface area contributed by atoms with Crippen LogP contribution in [0.2, 0.25) is 0 Å². The van der Waals surface area contributed by atoms with E-state index in [2.05, 4.69) is 15.0 Å². The summed E-state index contributed by atoms with van der Waals surface area (Å²) in [4.78, 5) is 14.3. The van der Waals surface area contributed by atoms with E-state index >= 15 is 8.78 Å². The Morgan fingerprint density at radius 2 is 1.77 bits per heavy atom. The molecule has 180 valence electrons. The molecule has 0 spiro atoms. The van der Waals surface area contributed by atoms with Crippen LogP contribution >= 0.6 is 0 Å². The number of benzene rings is 2. The van der Waals surface area contributed by atoms with Crippen molar-refractivity contribution < 1.29 is 22.3 Å². The van der Waals surface area contributed by atoms with Gasteiger partial charge in [0.2, 0.25) is 0 Å². The summed E-state index contributed by atoms with van der Waals surface area (Å²) < 4.78 is 64.1. The number of ether oxygens (including phenoxy) is 1. The monoisotopic (exact) mass is 483 g/mol. The normalized spacial score (nSPS) is 21.1. The van der Waals surface area contributed by atoms with Crippen LogP contribution in [0.4, 0.5) is 17.6 Å². The summed E-state index contributed by atoms with van der Waals surface area (Å²) in [7, 11) is 1.32. The van der Waals surface area contributed by atoms with Gasteiger partial charge in [-0.25, -0.2) is 22.6 Å². The van der Waals surface area contributed by atoms with Crippen molar-refractivity contribution in [2.24, 2.45) is 15.7 Å². The summed E-state index contributed by atoms with van der Waals surface area (Å²) in [5.41, 5.74) is 5.59. The van der Waals surface area contributed by atoms with E-state index < -0.39 is 36.1 Å². The first-order valence-electron chi connectivity index (χ1n) is 10.9. The maximum atomic E-state index is 15.1. The highest BCUT2D eigenvalue weighted by atomic mass is 19.3. The van der Waals surface area contributed by atoms with Gasteiger partial charge in [0.15, 0.2) is 23.1 Å². The third-order valence-electron chi connectivity index (χ3n) is 6.22. The summed E-state index contributed by atoms with van der Waals surface area (Å²) in [6.07, 6.45) is 2.61. The van der Waals surface area contributed by atoms with Crippen molar-refractivity contribution in [3.05, 3.63) is 83.7 Å². The van der Waals surface area contributed by atoms with Crippen molar-refractivity contribution in [3.63, 3.8) is 0 Å². The van der Waals surface area contributed by atoms with Crippen LogP contribution in [0.1, 0.15) is 17.5 Å². The number of halogens is 4. The van der Waals surface area contributed by atoms with Crippen molar-refractivity contribution in [1.29, 1.82) is 0 Å². The summed E-state index contributed by atoms with van der Waals surface area (Å²) in [6, 6.07) is 11.9. The number of amidine groups is 1. The maximum Gasteiger partial charge on any atom is 0.267 e. The molecule has 1 atom stereocenters. The van der Waals surface area contributed by atoms with Crippen LogP contribution in [0, 0.1) is 11.6 Å². The summed E-state index contributed by atoms with van der Waals surface area (Å²) in [5.74, 6) is -4.42. The van der Waals surface area contributed by atoms with E-state index in [1.165, 1.54) is 54.7 Å². The van der Waals surface area contributed by atoms with Gasteiger partial charge < -0.3 is 10.5 Å². The van der Waals surface area contributed by atoms with E-state index in [4.69, 9.17) is 10.5 Å². The first-order chi connectivity index (χ1) is 16.8. The van der Waals surface area contributed by atoms with E-state index in [1.54, 1.807) is 18.2 Å². The largest absolute Gasteiger partial charge is 0.494 e. The fourth-order valence-electron chi connectivity index (χ4n) is 4.56. The van der Waals surface area contributed by atoms with E-state index in [9.17, 15) is 8.78 Å². The van der Waals surface area contributed by atoms with Gasteiger partial charge in [-0.1, -0.05) is 18.2 Å². The Balaban J connectivity index is 1.76. The average molecular weight is 483 g/mol. The number of nitrogens with zero attached hydrogens (tertiary/aromatic N) is 4.